The molecule has 0 saturated carbocycles. The van der Waals surface area contributed by atoms with Crippen LogP contribution in [0.15, 0.2) is 36.4 Å². The lowest BCUT2D eigenvalue weighted by Crippen LogP contribution is -2.35. The molecule has 0 amide bonds. The van der Waals surface area contributed by atoms with E-state index in [-0.39, 0.29) is 6.04 Å². The minimum absolute atomic E-state index is 0.105. The van der Waals surface area contributed by atoms with Crippen LogP contribution in [0.3, 0.4) is 0 Å². The van der Waals surface area contributed by atoms with Gasteiger partial charge in [0, 0.05) is 32.2 Å². The summed E-state index contributed by atoms with van der Waals surface area (Å²) in [6.07, 6.45) is 7.46. The zero-order valence-electron chi connectivity index (χ0n) is 19.4. The molecule has 7 heteroatoms. The van der Waals surface area contributed by atoms with Crippen molar-refractivity contribution >= 4 is 34.9 Å². The topological polar surface area (TPSA) is 56.3 Å². The molecule has 172 valence electrons. The molecule has 1 atom stereocenters. The molecule has 1 aromatic heterocycles. The number of nitrogens with zero attached hydrogens (tertiary/aromatic N) is 4. The largest absolute Gasteiger partial charge is 0.356 e. The number of hydrogen-bond donors (Lipinski definition) is 2. The first-order valence-electron chi connectivity index (χ1n) is 12.1. The molecule has 2 N–H and O–H groups in total. The fraction of sp³-hybridized carbons (Fsp3) is 0.560. The molecule has 3 heterocycles. The smallest absolute Gasteiger partial charge is 0.232 e. The zero-order valence-corrected chi connectivity index (χ0v) is 20.2. The van der Waals surface area contributed by atoms with Crippen molar-refractivity contribution in [3.05, 3.63) is 42.0 Å². The van der Waals surface area contributed by atoms with Crippen molar-refractivity contribution in [2.24, 2.45) is 5.92 Å². The van der Waals surface area contributed by atoms with Crippen LogP contribution in [-0.4, -0.2) is 41.3 Å². The van der Waals surface area contributed by atoms with E-state index in [0.717, 1.165) is 43.7 Å². The Morgan fingerprint density at radius 1 is 0.938 bits per heavy atom. The average molecular weight is 453 g/mol. The zero-order chi connectivity index (χ0) is 22.3. The summed E-state index contributed by atoms with van der Waals surface area (Å²) in [5, 5.41) is 7.19. The molecule has 0 unspecified atom stereocenters. The Bertz CT molecular complexity index is 873. The first-order valence-corrected chi connectivity index (χ1v) is 12.5. The number of nitrogens with one attached hydrogen (secondary N) is 2. The van der Waals surface area contributed by atoms with Crippen LogP contribution in [0.25, 0.3) is 0 Å². The summed E-state index contributed by atoms with van der Waals surface area (Å²) < 4.78 is 0. The molecule has 32 heavy (non-hydrogen) atoms. The molecule has 0 aliphatic carbocycles. The number of rotatable bonds is 5. The van der Waals surface area contributed by atoms with Gasteiger partial charge >= 0.3 is 0 Å². The molecular weight excluding hydrogens is 416 g/mol. The van der Waals surface area contributed by atoms with Crippen LogP contribution >= 0.6 is 12.2 Å². The highest BCUT2D eigenvalue weighted by atomic mass is 32.1. The molecule has 2 saturated heterocycles. The Kier molecular flexibility index (Phi) is 7.79. The van der Waals surface area contributed by atoms with Crippen molar-refractivity contribution in [1.82, 2.24) is 15.3 Å². The fourth-order valence-corrected chi connectivity index (χ4v) is 4.77. The van der Waals surface area contributed by atoms with E-state index in [2.05, 4.69) is 52.5 Å². The number of thiocarbonyl (C=S) groups is 1. The number of hydrogen-bond acceptors (Lipinski definition) is 5. The van der Waals surface area contributed by atoms with Gasteiger partial charge in [0.25, 0.3) is 0 Å². The maximum Gasteiger partial charge on any atom is 0.232 e. The molecule has 2 aromatic rings. The van der Waals surface area contributed by atoms with Crippen molar-refractivity contribution in [2.75, 3.05) is 41.3 Å². The third-order valence-electron chi connectivity index (χ3n) is 6.61. The van der Waals surface area contributed by atoms with Gasteiger partial charge in [-0.05, 0) is 56.3 Å². The summed E-state index contributed by atoms with van der Waals surface area (Å²) in [6, 6.07) is 12.6. The van der Waals surface area contributed by atoms with Crippen molar-refractivity contribution in [3.8, 4) is 0 Å². The van der Waals surface area contributed by atoms with E-state index < -0.39 is 0 Å². The molecule has 6 nitrogen and oxygen atoms in total. The van der Waals surface area contributed by atoms with Crippen molar-refractivity contribution < 1.29 is 0 Å². The SMILES string of the molecule is CC1CCN(c2cc(N3CCCCCC3)nc(NC(=S)N[C@H](C)c3ccccc3)n2)CC1. The van der Waals surface area contributed by atoms with Crippen LogP contribution < -0.4 is 20.4 Å². The third kappa shape index (κ3) is 6.09. The molecule has 0 spiro atoms. The predicted octanol–water partition coefficient (Wildman–Crippen LogP) is 5.14. The monoisotopic (exact) mass is 452 g/mol. The van der Waals surface area contributed by atoms with Gasteiger partial charge in [0.1, 0.15) is 11.6 Å². The van der Waals surface area contributed by atoms with Crippen molar-refractivity contribution in [3.63, 3.8) is 0 Å². The molecule has 1 aromatic carbocycles. The Hall–Kier alpha value is -2.41. The van der Waals surface area contributed by atoms with Crippen LogP contribution in [0.2, 0.25) is 0 Å². The fourth-order valence-electron chi connectivity index (χ4n) is 4.50. The Labute approximate surface area is 197 Å². The predicted molar refractivity (Wildman–Crippen MR) is 138 cm³/mol. The van der Waals surface area contributed by atoms with Crippen LogP contribution in [0.4, 0.5) is 17.6 Å². The van der Waals surface area contributed by atoms with Gasteiger partial charge in [-0.1, -0.05) is 50.1 Å². The summed E-state index contributed by atoms with van der Waals surface area (Å²) in [5.74, 6) is 3.38. The summed E-state index contributed by atoms with van der Waals surface area (Å²) in [4.78, 5) is 14.6. The van der Waals surface area contributed by atoms with Crippen molar-refractivity contribution in [2.45, 2.75) is 58.4 Å². The van der Waals surface area contributed by atoms with Gasteiger partial charge in [0.2, 0.25) is 5.95 Å². The van der Waals surface area contributed by atoms with Crippen LogP contribution in [0, 0.1) is 5.92 Å². The van der Waals surface area contributed by atoms with E-state index >= 15 is 0 Å². The van der Waals surface area contributed by atoms with E-state index in [0.29, 0.717) is 11.1 Å². The summed E-state index contributed by atoms with van der Waals surface area (Å²) in [5.41, 5.74) is 1.19. The lowest BCUT2D eigenvalue weighted by molar-refractivity contribution is 0.436. The summed E-state index contributed by atoms with van der Waals surface area (Å²) in [6.45, 7) is 8.65. The minimum Gasteiger partial charge on any atom is -0.356 e. The van der Waals surface area contributed by atoms with Gasteiger partial charge in [-0.2, -0.15) is 9.97 Å². The highest BCUT2D eigenvalue weighted by molar-refractivity contribution is 7.80. The van der Waals surface area contributed by atoms with Gasteiger partial charge in [-0.15, -0.1) is 0 Å². The molecule has 2 fully saturated rings. The van der Waals surface area contributed by atoms with Crippen LogP contribution in [0.5, 0.6) is 0 Å². The number of aromatic nitrogens is 2. The van der Waals surface area contributed by atoms with Gasteiger partial charge in [0.15, 0.2) is 5.11 Å². The van der Waals surface area contributed by atoms with E-state index in [1.165, 1.54) is 44.1 Å². The average Bonchev–Trinajstić information content (AvgIpc) is 3.09. The van der Waals surface area contributed by atoms with E-state index in [4.69, 9.17) is 22.2 Å². The van der Waals surface area contributed by atoms with E-state index in [1.54, 1.807) is 0 Å². The third-order valence-corrected chi connectivity index (χ3v) is 6.83. The highest BCUT2D eigenvalue weighted by Crippen LogP contribution is 2.27. The van der Waals surface area contributed by atoms with Crippen LogP contribution in [-0.2, 0) is 0 Å². The maximum atomic E-state index is 5.62. The quantitative estimate of drug-likeness (QED) is 0.609. The summed E-state index contributed by atoms with van der Waals surface area (Å²) in [7, 11) is 0. The second-order valence-electron chi connectivity index (χ2n) is 9.21. The van der Waals surface area contributed by atoms with Crippen molar-refractivity contribution in [1.29, 1.82) is 0 Å². The molecule has 0 radical (unpaired) electrons. The molecule has 4 rings (SSSR count). The minimum atomic E-state index is 0.105. The number of piperidine rings is 1. The lowest BCUT2D eigenvalue weighted by Gasteiger charge is -2.32. The standard InChI is InChI=1S/C25H36N6S/c1-19-12-16-31(17-13-19)23-18-22(30-14-8-3-4-9-15-30)27-24(28-23)29-25(32)26-20(2)21-10-6-5-7-11-21/h5-7,10-11,18-20H,3-4,8-9,12-17H2,1-2H3,(H2,26,27,28,29,32)/t20-/m1/s1. The van der Waals surface area contributed by atoms with E-state index in [1.807, 2.05) is 18.2 Å². The molecule has 2 aliphatic rings. The maximum absolute atomic E-state index is 5.62. The molecular formula is C25H36N6S. The lowest BCUT2D eigenvalue weighted by atomic mass is 9.99. The normalized spacial score (nSPS) is 18.7. The van der Waals surface area contributed by atoms with Gasteiger partial charge < -0.3 is 20.4 Å². The molecule has 0 bridgehead atoms. The van der Waals surface area contributed by atoms with Gasteiger partial charge in [0.05, 0.1) is 6.04 Å². The first kappa shape index (κ1) is 22.8. The Morgan fingerprint density at radius 2 is 1.53 bits per heavy atom. The second-order valence-corrected chi connectivity index (χ2v) is 9.62. The first-order chi connectivity index (χ1) is 15.6. The Balaban J connectivity index is 1.52. The highest BCUT2D eigenvalue weighted by Gasteiger charge is 2.21. The molecule has 2 aliphatic heterocycles. The number of benzene rings is 1. The summed E-state index contributed by atoms with van der Waals surface area (Å²) >= 11 is 5.62. The number of anilines is 3. The Morgan fingerprint density at radius 3 is 2.16 bits per heavy atom. The van der Waals surface area contributed by atoms with Gasteiger partial charge in [-0.25, -0.2) is 0 Å². The van der Waals surface area contributed by atoms with Crippen LogP contribution in [0.1, 0.15) is 64.0 Å². The second kappa shape index (κ2) is 10.9. The van der Waals surface area contributed by atoms with E-state index in [9.17, 15) is 0 Å². The van der Waals surface area contributed by atoms with Gasteiger partial charge in [-0.3, -0.25) is 0 Å².